The second-order valence-corrected chi connectivity index (χ2v) is 2.93. The minimum atomic E-state index is -0.942. The largest absolute Gasteiger partial charge is 0.478 e. The zero-order chi connectivity index (χ0) is 12.4. The molecule has 0 radical (unpaired) electrons. The molecule has 16 heavy (non-hydrogen) atoms. The number of hydrogen-bond donors (Lipinski definition) is 1. The lowest BCUT2D eigenvalue weighted by Gasteiger charge is -1.93. The smallest absolute Gasteiger partial charge is 0.331 e. The van der Waals surface area contributed by atoms with Crippen LogP contribution >= 0.6 is 0 Å². The van der Waals surface area contributed by atoms with E-state index in [1.54, 1.807) is 6.08 Å². The van der Waals surface area contributed by atoms with Crippen LogP contribution in [0.2, 0.25) is 0 Å². The van der Waals surface area contributed by atoms with Gasteiger partial charge in [0.2, 0.25) is 0 Å². The van der Waals surface area contributed by atoms with E-state index in [1.165, 1.54) is 0 Å². The first-order valence-corrected chi connectivity index (χ1v) is 4.83. The van der Waals surface area contributed by atoms with Gasteiger partial charge < -0.3 is 5.11 Å². The fourth-order valence-corrected chi connectivity index (χ4v) is 0.989. The minimum Gasteiger partial charge on any atom is -0.478 e. The van der Waals surface area contributed by atoms with Crippen molar-refractivity contribution >= 4 is 12.0 Å². The molecule has 0 bridgehead atoms. The molecule has 0 spiro atoms. The van der Waals surface area contributed by atoms with Crippen molar-refractivity contribution < 1.29 is 9.90 Å². The Kier molecular flexibility index (Phi) is 7.16. The highest BCUT2D eigenvalue weighted by Gasteiger charge is 1.99. The first-order valence-electron chi connectivity index (χ1n) is 4.83. The Hall–Kier alpha value is -2.09. The van der Waals surface area contributed by atoms with Gasteiger partial charge in [-0.1, -0.05) is 49.1 Å². The Morgan fingerprint density at radius 2 is 1.81 bits per heavy atom. The van der Waals surface area contributed by atoms with Gasteiger partial charge in [-0.2, -0.15) is 0 Å². The van der Waals surface area contributed by atoms with Crippen LogP contribution in [-0.4, -0.2) is 11.1 Å². The molecule has 84 valence electrons. The average Bonchev–Trinajstić information content (AvgIpc) is 2.33. The van der Waals surface area contributed by atoms with E-state index in [0.717, 1.165) is 5.56 Å². The summed E-state index contributed by atoms with van der Waals surface area (Å²) in [7, 11) is 0. The maximum Gasteiger partial charge on any atom is 0.331 e. The molecule has 1 aromatic rings. The summed E-state index contributed by atoms with van der Waals surface area (Å²) in [5, 5.41) is 8.55. The van der Waals surface area contributed by atoms with E-state index in [4.69, 9.17) is 5.11 Å². The molecule has 0 fully saturated rings. The number of carboxylic acids is 1. The highest BCUT2D eigenvalue weighted by atomic mass is 16.4. The van der Waals surface area contributed by atoms with Gasteiger partial charge in [-0.05, 0) is 12.0 Å². The number of hydrogen-bond acceptors (Lipinski definition) is 1. The van der Waals surface area contributed by atoms with Crippen molar-refractivity contribution in [3.05, 3.63) is 67.3 Å². The summed E-state index contributed by atoms with van der Waals surface area (Å²) in [6.45, 7) is 9.43. The highest BCUT2D eigenvalue weighted by Crippen LogP contribution is 2.05. The van der Waals surface area contributed by atoms with Crippen molar-refractivity contribution in [2.45, 2.75) is 6.42 Å². The van der Waals surface area contributed by atoms with E-state index in [-0.39, 0.29) is 5.57 Å². The van der Waals surface area contributed by atoms with E-state index < -0.39 is 5.97 Å². The Balaban J connectivity index is 0.00000106. The molecular weight excluding hydrogens is 200 g/mol. The summed E-state index contributed by atoms with van der Waals surface area (Å²) in [4.78, 5) is 10.4. The van der Waals surface area contributed by atoms with Crippen molar-refractivity contribution in [1.29, 1.82) is 0 Å². The topological polar surface area (TPSA) is 37.3 Å². The lowest BCUT2D eigenvalue weighted by Crippen LogP contribution is -1.96. The van der Waals surface area contributed by atoms with Gasteiger partial charge in [0.25, 0.3) is 0 Å². The fraction of sp³-hybridized carbons (Fsp3) is 0.0714. The normalized spacial score (nSPS) is 9.25. The predicted octanol–water partition coefficient (Wildman–Crippen LogP) is 3.53. The molecule has 0 heterocycles. The maximum absolute atomic E-state index is 10.4. The molecule has 0 atom stereocenters. The van der Waals surface area contributed by atoms with Crippen LogP contribution in [0.5, 0.6) is 0 Å². The van der Waals surface area contributed by atoms with Gasteiger partial charge in [-0.25, -0.2) is 4.79 Å². The first kappa shape index (κ1) is 13.9. The first-order chi connectivity index (χ1) is 7.70. The molecule has 2 nitrogen and oxygen atoms in total. The fourth-order valence-electron chi connectivity index (χ4n) is 0.989. The van der Waals surface area contributed by atoms with Crippen molar-refractivity contribution in [2.24, 2.45) is 0 Å². The van der Waals surface area contributed by atoms with Crippen LogP contribution in [0, 0.1) is 0 Å². The van der Waals surface area contributed by atoms with Crippen molar-refractivity contribution in [2.75, 3.05) is 0 Å². The molecule has 0 aliphatic heterocycles. The Morgan fingerprint density at radius 3 is 2.31 bits per heavy atom. The lowest BCUT2D eigenvalue weighted by atomic mass is 10.1. The molecule has 0 saturated heterocycles. The van der Waals surface area contributed by atoms with Crippen LogP contribution in [0.25, 0.3) is 6.08 Å². The summed E-state index contributed by atoms with van der Waals surface area (Å²) in [5.74, 6) is -0.942. The van der Waals surface area contributed by atoms with E-state index in [9.17, 15) is 4.79 Å². The molecule has 0 unspecified atom stereocenters. The van der Waals surface area contributed by atoms with Gasteiger partial charge >= 0.3 is 5.97 Å². The monoisotopic (exact) mass is 216 g/mol. The zero-order valence-corrected chi connectivity index (χ0v) is 9.23. The number of carboxylic acid groups (broad SMARTS) is 1. The van der Waals surface area contributed by atoms with Crippen LogP contribution in [0.4, 0.5) is 0 Å². The van der Waals surface area contributed by atoms with Crippen molar-refractivity contribution in [3.63, 3.8) is 0 Å². The standard InChI is InChI=1S/C12H12O2.C2H4/c1-10(12(13)14)6-5-9-11-7-3-2-4-8-11;1-2/h2-5,7-9H,1,6H2,(H,13,14);1-2H2. The summed E-state index contributed by atoms with van der Waals surface area (Å²) in [5.41, 5.74) is 1.27. The predicted molar refractivity (Wildman–Crippen MR) is 68.1 cm³/mol. The molecule has 0 aliphatic carbocycles. The summed E-state index contributed by atoms with van der Waals surface area (Å²) < 4.78 is 0. The summed E-state index contributed by atoms with van der Waals surface area (Å²) >= 11 is 0. The third-order valence-electron chi connectivity index (χ3n) is 1.78. The number of aliphatic carboxylic acids is 1. The molecule has 1 aromatic carbocycles. The van der Waals surface area contributed by atoms with Crippen LogP contribution in [0.1, 0.15) is 12.0 Å². The van der Waals surface area contributed by atoms with Crippen LogP contribution < -0.4 is 0 Å². The van der Waals surface area contributed by atoms with E-state index in [1.807, 2.05) is 36.4 Å². The Bertz CT molecular complexity index is 364. The van der Waals surface area contributed by atoms with Gasteiger partial charge in [0.05, 0.1) is 0 Å². The van der Waals surface area contributed by atoms with Gasteiger partial charge in [0.1, 0.15) is 0 Å². The van der Waals surface area contributed by atoms with Gasteiger partial charge in [-0.15, -0.1) is 13.2 Å². The average molecular weight is 216 g/mol. The van der Waals surface area contributed by atoms with Crippen molar-refractivity contribution in [1.82, 2.24) is 0 Å². The van der Waals surface area contributed by atoms with Gasteiger partial charge in [-0.3, -0.25) is 0 Å². The quantitative estimate of drug-likeness (QED) is 0.617. The van der Waals surface area contributed by atoms with E-state index in [2.05, 4.69) is 19.7 Å². The molecule has 1 rings (SSSR count). The third-order valence-corrected chi connectivity index (χ3v) is 1.78. The number of carbonyl (C=O) groups is 1. The van der Waals surface area contributed by atoms with Crippen LogP contribution in [-0.2, 0) is 4.79 Å². The third kappa shape index (κ3) is 5.60. The molecule has 0 aromatic heterocycles. The number of benzene rings is 1. The molecule has 0 saturated carbocycles. The zero-order valence-electron chi connectivity index (χ0n) is 9.23. The minimum absolute atomic E-state index is 0.206. The Morgan fingerprint density at radius 1 is 1.25 bits per heavy atom. The maximum atomic E-state index is 10.4. The van der Waals surface area contributed by atoms with Crippen LogP contribution in [0.15, 0.2) is 61.7 Å². The number of rotatable bonds is 4. The van der Waals surface area contributed by atoms with Gasteiger partial charge in [0.15, 0.2) is 0 Å². The molecule has 2 heteroatoms. The van der Waals surface area contributed by atoms with Crippen molar-refractivity contribution in [3.8, 4) is 0 Å². The summed E-state index contributed by atoms with van der Waals surface area (Å²) in [6, 6.07) is 9.73. The molecule has 1 N–H and O–H groups in total. The SMILES string of the molecule is C=C.C=C(CC=Cc1ccccc1)C(=O)O. The lowest BCUT2D eigenvalue weighted by molar-refractivity contribution is -0.132. The van der Waals surface area contributed by atoms with Gasteiger partial charge in [0, 0.05) is 5.57 Å². The Labute approximate surface area is 96.2 Å². The second kappa shape index (κ2) is 8.24. The summed E-state index contributed by atoms with van der Waals surface area (Å²) in [6.07, 6.45) is 4.06. The van der Waals surface area contributed by atoms with E-state index in [0.29, 0.717) is 6.42 Å². The molecule has 0 amide bonds. The number of allylic oxidation sites excluding steroid dienone is 1. The highest BCUT2D eigenvalue weighted by molar-refractivity contribution is 5.86. The second-order valence-electron chi connectivity index (χ2n) is 2.93. The van der Waals surface area contributed by atoms with E-state index >= 15 is 0 Å². The molecular formula is C14H16O2. The molecule has 0 aliphatic rings. The van der Waals surface area contributed by atoms with Crippen LogP contribution in [0.3, 0.4) is 0 Å².